The van der Waals surface area contributed by atoms with Crippen molar-refractivity contribution in [2.24, 2.45) is 0 Å². The molecule has 0 saturated carbocycles. The van der Waals surface area contributed by atoms with Crippen LogP contribution in [0.4, 0.5) is 10.1 Å². The molecule has 1 rings (SSSR count). The summed E-state index contributed by atoms with van der Waals surface area (Å²) in [6.07, 6.45) is 0.390. The van der Waals surface area contributed by atoms with Crippen LogP contribution in [-0.4, -0.2) is 25.9 Å². The third-order valence-corrected chi connectivity index (χ3v) is 2.00. The van der Waals surface area contributed by atoms with Crippen LogP contribution in [0.3, 0.4) is 0 Å². The number of ether oxygens (including phenoxy) is 2. The maximum Gasteiger partial charge on any atom is 0.309 e. The Morgan fingerprint density at radius 1 is 1.24 bits per heavy atom. The van der Waals surface area contributed by atoms with Crippen LogP contribution in [0, 0.1) is 0 Å². The van der Waals surface area contributed by atoms with Gasteiger partial charge in [0.05, 0.1) is 26.3 Å². The molecule has 0 bridgehead atoms. The zero-order valence-corrected chi connectivity index (χ0v) is 9.52. The molecule has 5 heteroatoms. The van der Waals surface area contributed by atoms with E-state index >= 15 is 0 Å². The molecule has 94 valence electrons. The molecule has 0 aliphatic rings. The van der Waals surface area contributed by atoms with E-state index in [1.54, 1.807) is 24.3 Å². The molecule has 0 heterocycles. The van der Waals surface area contributed by atoms with Crippen LogP contribution in [0.2, 0.25) is 0 Å². The molecule has 0 radical (unpaired) electrons. The van der Waals surface area contributed by atoms with E-state index in [1.165, 1.54) is 0 Å². The molecular weight excluding hydrogens is 225 g/mol. The maximum absolute atomic E-state index is 11.7. The molecular formula is C12H16FNO3. The first-order chi connectivity index (χ1) is 8.22. The lowest BCUT2D eigenvalue weighted by molar-refractivity contribution is -0.144. The number of alkyl halides is 1. The number of hydrogen-bond acceptors (Lipinski definition) is 4. The van der Waals surface area contributed by atoms with Crippen LogP contribution in [0.1, 0.15) is 12.8 Å². The van der Waals surface area contributed by atoms with Crippen molar-refractivity contribution in [1.82, 2.24) is 0 Å². The predicted octanol–water partition coefficient (Wildman–Crippen LogP) is 1.94. The van der Waals surface area contributed by atoms with Gasteiger partial charge in [-0.1, -0.05) is 0 Å². The molecule has 0 atom stereocenters. The third kappa shape index (κ3) is 5.75. The molecule has 0 aromatic heterocycles. The Hall–Kier alpha value is -1.78. The van der Waals surface area contributed by atoms with E-state index in [4.69, 9.17) is 15.2 Å². The predicted molar refractivity (Wildman–Crippen MR) is 62.5 cm³/mol. The molecule has 2 N–H and O–H groups in total. The number of nitrogen functional groups attached to an aromatic ring is 1. The highest BCUT2D eigenvalue weighted by Gasteiger charge is 2.03. The topological polar surface area (TPSA) is 61.5 Å². The van der Waals surface area contributed by atoms with E-state index in [0.717, 1.165) is 0 Å². The van der Waals surface area contributed by atoms with Crippen LogP contribution in [0.25, 0.3) is 0 Å². The zero-order chi connectivity index (χ0) is 12.5. The van der Waals surface area contributed by atoms with Crippen molar-refractivity contribution in [2.45, 2.75) is 12.8 Å². The fourth-order valence-electron chi connectivity index (χ4n) is 1.13. The Bertz CT molecular complexity index is 340. The van der Waals surface area contributed by atoms with E-state index < -0.39 is 6.67 Å². The van der Waals surface area contributed by atoms with Gasteiger partial charge in [0.25, 0.3) is 0 Å². The van der Waals surface area contributed by atoms with E-state index in [0.29, 0.717) is 11.4 Å². The highest BCUT2D eigenvalue weighted by atomic mass is 19.1. The quantitative estimate of drug-likeness (QED) is 0.450. The average molecular weight is 241 g/mol. The van der Waals surface area contributed by atoms with Crippen molar-refractivity contribution in [2.75, 3.05) is 25.6 Å². The second-order valence-electron chi connectivity index (χ2n) is 3.43. The summed E-state index contributed by atoms with van der Waals surface area (Å²) >= 11 is 0. The highest BCUT2D eigenvalue weighted by Crippen LogP contribution is 2.13. The maximum atomic E-state index is 11.7. The minimum atomic E-state index is -0.477. The van der Waals surface area contributed by atoms with Gasteiger partial charge in [-0.05, 0) is 24.3 Å². The summed E-state index contributed by atoms with van der Waals surface area (Å²) < 4.78 is 21.8. The number of nitrogens with two attached hydrogens (primary N) is 1. The van der Waals surface area contributed by atoms with Gasteiger partial charge in [0.1, 0.15) is 5.75 Å². The van der Waals surface area contributed by atoms with Crippen molar-refractivity contribution in [3.63, 3.8) is 0 Å². The Morgan fingerprint density at radius 3 is 2.59 bits per heavy atom. The minimum absolute atomic E-state index is 0.122. The molecule has 1 aromatic carbocycles. The first kappa shape index (κ1) is 13.3. The fourth-order valence-corrected chi connectivity index (χ4v) is 1.13. The first-order valence-electron chi connectivity index (χ1n) is 5.42. The minimum Gasteiger partial charge on any atom is -0.493 e. The first-order valence-corrected chi connectivity index (χ1v) is 5.42. The number of rotatable bonds is 7. The average Bonchev–Trinajstić information content (AvgIpc) is 2.32. The van der Waals surface area contributed by atoms with Gasteiger partial charge in [-0.2, -0.15) is 0 Å². The van der Waals surface area contributed by atoms with E-state index in [9.17, 15) is 9.18 Å². The number of anilines is 1. The Morgan fingerprint density at radius 2 is 1.94 bits per heavy atom. The summed E-state index contributed by atoms with van der Waals surface area (Å²) in [5.41, 5.74) is 6.17. The smallest absolute Gasteiger partial charge is 0.309 e. The Balaban J connectivity index is 2.14. The number of carbonyl (C=O) groups excluding carboxylic acids is 1. The van der Waals surface area contributed by atoms with Gasteiger partial charge in [-0.3, -0.25) is 9.18 Å². The molecule has 0 amide bonds. The second kappa shape index (κ2) is 7.49. The summed E-state index contributed by atoms with van der Waals surface area (Å²) in [5.74, 6) is 0.268. The standard InChI is InChI=1S/C12H16FNO3/c13-7-1-8-17-12(15)6-9-16-11-4-2-10(14)3-5-11/h2-5H,1,6-9,14H2. The van der Waals surface area contributed by atoms with Crippen LogP contribution >= 0.6 is 0 Å². The van der Waals surface area contributed by atoms with Crippen molar-refractivity contribution in [1.29, 1.82) is 0 Å². The highest BCUT2D eigenvalue weighted by molar-refractivity contribution is 5.69. The number of hydrogen-bond donors (Lipinski definition) is 1. The van der Waals surface area contributed by atoms with Gasteiger partial charge in [0, 0.05) is 12.1 Å². The van der Waals surface area contributed by atoms with Crippen LogP contribution < -0.4 is 10.5 Å². The second-order valence-corrected chi connectivity index (χ2v) is 3.43. The van der Waals surface area contributed by atoms with E-state index in [2.05, 4.69) is 0 Å². The van der Waals surface area contributed by atoms with Gasteiger partial charge < -0.3 is 15.2 Å². The number of halogens is 1. The third-order valence-electron chi connectivity index (χ3n) is 2.00. The van der Waals surface area contributed by atoms with Crippen LogP contribution in [0.5, 0.6) is 5.75 Å². The van der Waals surface area contributed by atoms with Gasteiger partial charge in [0.15, 0.2) is 0 Å². The molecule has 1 aromatic rings. The summed E-state index contributed by atoms with van der Waals surface area (Å²) in [6, 6.07) is 6.89. The van der Waals surface area contributed by atoms with Gasteiger partial charge >= 0.3 is 5.97 Å². The van der Waals surface area contributed by atoms with Crippen LogP contribution in [0.15, 0.2) is 24.3 Å². The molecule has 0 aliphatic heterocycles. The SMILES string of the molecule is Nc1ccc(OCCC(=O)OCCCF)cc1. The van der Waals surface area contributed by atoms with Gasteiger partial charge in [-0.15, -0.1) is 0 Å². The zero-order valence-electron chi connectivity index (χ0n) is 9.52. The molecule has 17 heavy (non-hydrogen) atoms. The van der Waals surface area contributed by atoms with Crippen molar-refractivity contribution in [3.8, 4) is 5.75 Å². The van der Waals surface area contributed by atoms with Gasteiger partial charge in [-0.25, -0.2) is 0 Å². The lowest BCUT2D eigenvalue weighted by atomic mass is 10.3. The fraction of sp³-hybridized carbons (Fsp3) is 0.417. The number of benzene rings is 1. The molecule has 0 saturated heterocycles. The number of carbonyl (C=O) groups is 1. The van der Waals surface area contributed by atoms with Gasteiger partial charge in [0.2, 0.25) is 0 Å². The molecule has 4 nitrogen and oxygen atoms in total. The molecule has 0 unspecified atom stereocenters. The van der Waals surface area contributed by atoms with Crippen molar-refractivity contribution >= 4 is 11.7 Å². The van der Waals surface area contributed by atoms with E-state index in [-0.39, 0.29) is 32.0 Å². The summed E-state index contributed by atoms with van der Waals surface area (Å²) in [7, 11) is 0. The lowest BCUT2D eigenvalue weighted by Gasteiger charge is -2.06. The number of esters is 1. The molecule has 0 fully saturated rings. The van der Waals surface area contributed by atoms with Crippen molar-refractivity contribution < 1.29 is 18.7 Å². The monoisotopic (exact) mass is 241 g/mol. The summed E-state index contributed by atoms with van der Waals surface area (Å²) in [6.45, 7) is -0.120. The molecule has 0 aliphatic carbocycles. The van der Waals surface area contributed by atoms with Crippen molar-refractivity contribution in [3.05, 3.63) is 24.3 Å². The van der Waals surface area contributed by atoms with Crippen LogP contribution in [-0.2, 0) is 9.53 Å². The molecule has 0 spiro atoms. The lowest BCUT2D eigenvalue weighted by Crippen LogP contribution is -2.11. The summed E-state index contributed by atoms with van der Waals surface area (Å²) in [4.78, 5) is 11.1. The largest absolute Gasteiger partial charge is 0.493 e. The normalized spacial score (nSPS) is 9.94. The van der Waals surface area contributed by atoms with E-state index in [1.807, 2.05) is 0 Å². The Labute approximate surface area is 99.5 Å². The Kier molecular flexibility index (Phi) is 5.85. The summed E-state index contributed by atoms with van der Waals surface area (Å²) in [5, 5.41) is 0.